The molecular weight excluding hydrogens is 545 g/mol. The lowest BCUT2D eigenvalue weighted by Crippen LogP contribution is -2.23. The second-order valence-electron chi connectivity index (χ2n) is 9.38. The highest BCUT2D eigenvalue weighted by molar-refractivity contribution is 6.00. The number of nitrogens with zero attached hydrogens (tertiary/aromatic N) is 5. The number of hydrogen-bond acceptors (Lipinski definition) is 5. The molecule has 6 rings (SSSR count). The summed E-state index contributed by atoms with van der Waals surface area (Å²) in [6.07, 6.45) is -1.83. The third kappa shape index (κ3) is 5.19. The SMILES string of the molecule is COc1ccc(-c2cc(C(F)(F)F)n3ncc(C(=O)NCc4cn(-c5ccccc5)nc4-c4ccccc4)c3n2)cc1. The molecule has 42 heavy (non-hydrogen) atoms. The lowest BCUT2D eigenvalue weighted by atomic mass is 10.1. The van der Waals surface area contributed by atoms with E-state index >= 15 is 0 Å². The van der Waals surface area contributed by atoms with Crippen LogP contribution in [0, 0.1) is 0 Å². The molecule has 0 saturated carbocycles. The highest BCUT2D eigenvalue weighted by Crippen LogP contribution is 2.33. The molecule has 0 atom stereocenters. The molecular formula is C31H23F3N6O2. The zero-order chi connectivity index (χ0) is 29.3. The molecule has 0 unspecified atom stereocenters. The van der Waals surface area contributed by atoms with E-state index in [0.29, 0.717) is 21.5 Å². The Hall–Kier alpha value is -5.45. The number of alkyl halides is 3. The molecule has 0 aliphatic carbocycles. The van der Waals surface area contributed by atoms with Crippen molar-refractivity contribution < 1.29 is 22.7 Å². The Bertz CT molecular complexity index is 1860. The van der Waals surface area contributed by atoms with Gasteiger partial charge in [-0.3, -0.25) is 4.79 Å². The predicted octanol–water partition coefficient (Wildman–Crippen LogP) is 6.21. The van der Waals surface area contributed by atoms with Crippen molar-refractivity contribution in [1.82, 2.24) is 29.7 Å². The average Bonchev–Trinajstić information content (AvgIpc) is 3.65. The van der Waals surface area contributed by atoms with Crippen LogP contribution in [0.25, 0.3) is 33.8 Å². The monoisotopic (exact) mass is 568 g/mol. The van der Waals surface area contributed by atoms with Crippen molar-refractivity contribution in [2.24, 2.45) is 0 Å². The summed E-state index contributed by atoms with van der Waals surface area (Å²) in [5.41, 5.74) is 2.20. The van der Waals surface area contributed by atoms with Gasteiger partial charge in [0.05, 0.1) is 30.4 Å². The first-order valence-electron chi connectivity index (χ1n) is 12.9. The van der Waals surface area contributed by atoms with Crippen LogP contribution in [-0.4, -0.2) is 37.4 Å². The van der Waals surface area contributed by atoms with Crippen molar-refractivity contribution >= 4 is 11.6 Å². The van der Waals surface area contributed by atoms with E-state index < -0.39 is 17.8 Å². The van der Waals surface area contributed by atoms with E-state index in [-0.39, 0.29) is 23.4 Å². The molecule has 8 nitrogen and oxygen atoms in total. The predicted molar refractivity (Wildman–Crippen MR) is 150 cm³/mol. The smallest absolute Gasteiger partial charge is 0.433 e. The van der Waals surface area contributed by atoms with E-state index in [2.05, 4.69) is 15.4 Å². The molecule has 0 saturated heterocycles. The van der Waals surface area contributed by atoms with E-state index in [4.69, 9.17) is 9.84 Å². The summed E-state index contributed by atoms with van der Waals surface area (Å²) in [4.78, 5) is 17.8. The van der Waals surface area contributed by atoms with Crippen LogP contribution in [0.3, 0.4) is 0 Å². The Balaban J connectivity index is 1.35. The lowest BCUT2D eigenvalue weighted by molar-refractivity contribution is -0.142. The number of ether oxygens (including phenoxy) is 1. The van der Waals surface area contributed by atoms with Crippen LogP contribution in [0.1, 0.15) is 21.6 Å². The van der Waals surface area contributed by atoms with Gasteiger partial charge in [-0.25, -0.2) is 14.2 Å². The highest BCUT2D eigenvalue weighted by atomic mass is 19.4. The second kappa shape index (κ2) is 10.8. The average molecular weight is 569 g/mol. The third-order valence-electron chi connectivity index (χ3n) is 6.69. The van der Waals surface area contributed by atoms with Crippen molar-refractivity contribution in [3.8, 4) is 34.0 Å². The van der Waals surface area contributed by atoms with Gasteiger partial charge in [0.25, 0.3) is 5.91 Å². The minimum atomic E-state index is -4.74. The summed E-state index contributed by atoms with van der Waals surface area (Å²) >= 11 is 0. The number of fused-ring (bicyclic) bond motifs is 1. The largest absolute Gasteiger partial charge is 0.497 e. The number of carbonyl (C=O) groups excluding carboxylic acids is 1. The fraction of sp³-hybridized carbons (Fsp3) is 0.0968. The molecule has 1 amide bonds. The summed E-state index contributed by atoms with van der Waals surface area (Å²) in [7, 11) is 1.49. The minimum absolute atomic E-state index is 0.0440. The van der Waals surface area contributed by atoms with Crippen molar-refractivity contribution in [3.63, 3.8) is 0 Å². The van der Waals surface area contributed by atoms with E-state index in [0.717, 1.165) is 29.1 Å². The fourth-order valence-electron chi connectivity index (χ4n) is 4.60. The number of carbonyl (C=O) groups is 1. The Morgan fingerprint density at radius 2 is 1.62 bits per heavy atom. The molecule has 0 spiro atoms. The maximum absolute atomic E-state index is 14.0. The van der Waals surface area contributed by atoms with Gasteiger partial charge >= 0.3 is 6.18 Å². The standard InChI is InChI=1S/C31H23F3N6O2/c1-42-24-14-12-20(13-15-24)26-16-27(31(32,33)34)40-29(37-26)25(18-36-40)30(41)35-17-22-19-39(23-10-6-3-7-11-23)38-28(22)21-8-4-2-5-9-21/h2-16,18-19H,17H2,1H3,(H,35,41). The van der Waals surface area contributed by atoms with Crippen LogP contribution < -0.4 is 10.1 Å². The number of aromatic nitrogens is 5. The van der Waals surface area contributed by atoms with E-state index in [1.54, 1.807) is 28.9 Å². The van der Waals surface area contributed by atoms with E-state index in [1.165, 1.54) is 7.11 Å². The van der Waals surface area contributed by atoms with Crippen LogP contribution in [-0.2, 0) is 12.7 Å². The van der Waals surface area contributed by atoms with Gasteiger partial charge < -0.3 is 10.1 Å². The van der Waals surface area contributed by atoms with Crippen LogP contribution >= 0.6 is 0 Å². The molecule has 0 fully saturated rings. The Kier molecular flexibility index (Phi) is 6.91. The first-order chi connectivity index (χ1) is 20.3. The molecule has 3 aromatic heterocycles. The zero-order valence-electron chi connectivity index (χ0n) is 22.2. The van der Waals surface area contributed by atoms with Crippen LogP contribution in [0.5, 0.6) is 5.75 Å². The van der Waals surface area contributed by atoms with Gasteiger partial charge in [0.2, 0.25) is 0 Å². The van der Waals surface area contributed by atoms with E-state index in [1.807, 2.05) is 66.9 Å². The summed E-state index contributed by atoms with van der Waals surface area (Å²) in [5, 5.41) is 11.4. The van der Waals surface area contributed by atoms with Crippen molar-refractivity contribution in [1.29, 1.82) is 0 Å². The zero-order valence-corrected chi connectivity index (χ0v) is 22.2. The number of methoxy groups -OCH3 is 1. The fourth-order valence-corrected chi connectivity index (χ4v) is 4.60. The van der Waals surface area contributed by atoms with Gasteiger partial charge in [0, 0.05) is 29.4 Å². The maximum atomic E-state index is 14.0. The van der Waals surface area contributed by atoms with Crippen LogP contribution in [0.4, 0.5) is 13.2 Å². The molecule has 11 heteroatoms. The number of nitrogens with one attached hydrogen (secondary N) is 1. The number of hydrogen-bond donors (Lipinski definition) is 1. The first-order valence-corrected chi connectivity index (χ1v) is 12.9. The first kappa shape index (κ1) is 26.8. The molecule has 0 aliphatic heterocycles. The minimum Gasteiger partial charge on any atom is -0.497 e. The molecule has 3 heterocycles. The number of halogens is 3. The van der Waals surface area contributed by atoms with E-state index in [9.17, 15) is 18.0 Å². The Labute approximate surface area is 238 Å². The number of amides is 1. The van der Waals surface area contributed by atoms with Gasteiger partial charge in [-0.05, 0) is 42.5 Å². The van der Waals surface area contributed by atoms with Gasteiger partial charge in [0.1, 0.15) is 11.3 Å². The Morgan fingerprint density at radius 3 is 2.29 bits per heavy atom. The quantitative estimate of drug-likeness (QED) is 0.248. The summed E-state index contributed by atoms with van der Waals surface area (Å²) in [6, 6.07) is 26.4. The van der Waals surface area contributed by atoms with Gasteiger partial charge in [-0.1, -0.05) is 48.5 Å². The van der Waals surface area contributed by atoms with Crippen molar-refractivity contribution in [3.05, 3.63) is 120 Å². The molecule has 0 aliphatic rings. The molecule has 210 valence electrons. The summed E-state index contributed by atoms with van der Waals surface area (Å²) < 4.78 is 49.6. The molecule has 3 aromatic carbocycles. The molecule has 0 radical (unpaired) electrons. The molecule has 6 aromatic rings. The van der Waals surface area contributed by atoms with Crippen molar-refractivity contribution in [2.75, 3.05) is 7.11 Å². The van der Waals surface area contributed by atoms with Crippen LogP contribution in [0.2, 0.25) is 0 Å². The van der Waals surface area contributed by atoms with Gasteiger partial charge in [-0.2, -0.15) is 23.4 Å². The molecule has 0 bridgehead atoms. The van der Waals surface area contributed by atoms with Gasteiger partial charge in [-0.15, -0.1) is 0 Å². The topological polar surface area (TPSA) is 86.3 Å². The second-order valence-corrected chi connectivity index (χ2v) is 9.38. The molecule has 1 N–H and O–H groups in total. The number of benzene rings is 3. The lowest BCUT2D eigenvalue weighted by Gasteiger charge is -2.12. The van der Waals surface area contributed by atoms with Gasteiger partial charge in [0.15, 0.2) is 11.3 Å². The summed E-state index contributed by atoms with van der Waals surface area (Å²) in [5.74, 6) is -0.0743. The number of para-hydroxylation sites is 1. The van der Waals surface area contributed by atoms with Crippen LogP contribution in [0.15, 0.2) is 103 Å². The normalized spacial score (nSPS) is 11.5. The maximum Gasteiger partial charge on any atom is 0.433 e. The van der Waals surface area contributed by atoms with Crippen molar-refractivity contribution in [2.45, 2.75) is 12.7 Å². The number of rotatable bonds is 7. The summed E-state index contributed by atoms with van der Waals surface area (Å²) in [6.45, 7) is 0.0670. The Morgan fingerprint density at radius 1 is 0.929 bits per heavy atom. The third-order valence-corrected chi connectivity index (χ3v) is 6.69. The highest BCUT2D eigenvalue weighted by Gasteiger charge is 2.36.